The van der Waals surface area contributed by atoms with Crippen LogP contribution in [0, 0.1) is 0 Å². The smallest absolute Gasteiger partial charge is 0.129 e. The summed E-state index contributed by atoms with van der Waals surface area (Å²) in [5, 5.41) is 5.50. The predicted octanol–water partition coefficient (Wildman–Crippen LogP) is 3.34. The summed E-state index contributed by atoms with van der Waals surface area (Å²) in [6, 6.07) is 11.0. The molecule has 0 N–H and O–H groups in total. The van der Waals surface area contributed by atoms with Crippen LogP contribution in [0.25, 0.3) is 10.9 Å². The molecule has 0 amide bonds. The van der Waals surface area contributed by atoms with Gasteiger partial charge < -0.3 is 18.9 Å². The van der Waals surface area contributed by atoms with Gasteiger partial charge in [-0.25, -0.2) is 0 Å². The minimum atomic E-state index is 0.296. The topological polar surface area (TPSA) is 44.5 Å². The zero-order chi connectivity index (χ0) is 18.8. The molecule has 0 saturated carbocycles. The normalized spacial score (nSPS) is 21.5. The summed E-state index contributed by atoms with van der Waals surface area (Å²) in [5.74, 6) is 1.02. The van der Waals surface area contributed by atoms with Gasteiger partial charge in [-0.3, -0.25) is 4.68 Å². The van der Waals surface area contributed by atoms with E-state index in [1.165, 1.54) is 10.9 Å². The van der Waals surface area contributed by atoms with E-state index in [1.54, 1.807) is 0 Å². The van der Waals surface area contributed by atoms with Crippen molar-refractivity contribution in [2.45, 2.75) is 38.0 Å². The largest absolute Gasteiger partial charge is 0.490 e. The lowest BCUT2D eigenvalue weighted by Gasteiger charge is -2.32. The number of nitrogens with zero attached hydrogens (tertiary/aromatic N) is 4. The van der Waals surface area contributed by atoms with Gasteiger partial charge in [0.1, 0.15) is 11.9 Å². The summed E-state index contributed by atoms with van der Waals surface area (Å²) < 4.78 is 16.4. The van der Waals surface area contributed by atoms with Crippen molar-refractivity contribution >= 4 is 10.9 Å². The van der Waals surface area contributed by atoms with E-state index in [9.17, 15) is 0 Å². The molecule has 3 aromatic rings. The van der Waals surface area contributed by atoms with Crippen LogP contribution in [-0.4, -0.2) is 58.2 Å². The number of piperidine rings is 1. The molecule has 6 heteroatoms. The number of hydrogen-bond donors (Lipinski definition) is 0. The average molecular weight is 380 g/mol. The molecule has 6 nitrogen and oxygen atoms in total. The Balaban J connectivity index is 1.20. The van der Waals surface area contributed by atoms with Gasteiger partial charge in [0.05, 0.1) is 24.7 Å². The van der Waals surface area contributed by atoms with Gasteiger partial charge in [0.25, 0.3) is 0 Å². The van der Waals surface area contributed by atoms with Gasteiger partial charge in [-0.05, 0) is 43.5 Å². The van der Waals surface area contributed by atoms with Crippen LogP contribution in [0.4, 0.5) is 0 Å². The Morgan fingerprint density at radius 2 is 1.96 bits per heavy atom. The molecule has 2 aliphatic rings. The van der Waals surface area contributed by atoms with E-state index in [2.05, 4.69) is 45.0 Å². The van der Waals surface area contributed by atoms with Crippen molar-refractivity contribution < 1.29 is 9.47 Å². The molecule has 2 aliphatic heterocycles. The second-order valence-electron chi connectivity index (χ2n) is 7.86. The molecule has 1 aromatic carbocycles. The van der Waals surface area contributed by atoms with Crippen molar-refractivity contribution in [3.05, 3.63) is 48.9 Å². The van der Waals surface area contributed by atoms with Crippen molar-refractivity contribution in [3.8, 4) is 5.75 Å². The highest BCUT2D eigenvalue weighted by atomic mass is 16.5. The molecule has 0 aliphatic carbocycles. The number of rotatable bonds is 6. The Labute approximate surface area is 165 Å². The summed E-state index contributed by atoms with van der Waals surface area (Å²) in [5.41, 5.74) is 1.25. The highest BCUT2D eigenvalue weighted by molar-refractivity contribution is 5.86. The summed E-state index contributed by atoms with van der Waals surface area (Å²) in [4.78, 5) is 2.51. The minimum absolute atomic E-state index is 0.296. The van der Waals surface area contributed by atoms with Gasteiger partial charge in [-0.1, -0.05) is 6.07 Å². The van der Waals surface area contributed by atoms with Crippen LogP contribution < -0.4 is 4.74 Å². The first kappa shape index (κ1) is 17.8. The van der Waals surface area contributed by atoms with Gasteiger partial charge in [0, 0.05) is 50.2 Å². The lowest BCUT2D eigenvalue weighted by atomic mass is 10.1. The molecular formula is C22H28N4O2. The standard InChI is InChI=1S/C22H28N4O2/c1-3-21-20(7-13-26(21)18-8-16-27-17-18)22(4-1)28-19-5-11-24(12-6-19)14-15-25-10-2-9-23-25/h1-4,7,9-10,13,18-19H,5-6,8,11-12,14-17H2. The molecule has 148 valence electrons. The number of likely N-dealkylation sites (tertiary alicyclic amines) is 1. The van der Waals surface area contributed by atoms with Gasteiger partial charge in [-0.15, -0.1) is 0 Å². The summed E-state index contributed by atoms with van der Waals surface area (Å²) in [6.07, 6.45) is 9.60. The molecule has 0 radical (unpaired) electrons. The van der Waals surface area contributed by atoms with E-state index in [0.29, 0.717) is 12.1 Å². The van der Waals surface area contributed by atoms with E-state index in [-0.39, 0.29) is 0 Å². The zero-order valence-electron chi connectivity index (χ0n) is 16.2. The van der Waals surface area contributed by atoms with E-state index >= 15 is 0 Å². The Morgan fingerprint density at radius 3 is 2.75 bits per heavy atom. The lowest BCUT2D eigenvalue weighted by molar-refractivity contribution is 0.0991. The van der Waals surface area contributed by atoms with E-state index in [4.69, 9.17) is 9.47 Å². The fourth-order valence-electron chi connectivity index (χ4n) is 4.43. The maximum atomic E-state index is 6.45. The van der Waals surface area contributed by atoms with Crippen molar-refractivity contribution in [2.24, 2.45) is 0 Å². The third-order valence-corrected chi connectivity index (χ3v) is 6.05. The first-order chi connectivity index (χ1) is 13.9. The first-order valence-electron chi connectivity index (χ1n) is 10.4. The van der Waals surface area contributed by atoms with E-state index < -0.39 is 0 Å². The summed E-state index contributed by atoms with van der Waals surface area (Å²) in [7, 11) is 0. The van der Waals surface area contributed by atoms with Crippen molar-refractivity contribution in [1.29, 1.82) is 0 Å². The molecular weight excluding hydrogens is 352 g/mol. The van der Waals surface area contributed by atoms with Crippen LogP contribution >= 0.6 is 0 Å². The lowest BCUT2D eigenvalue weighted by Crippen LogP contribution is -2.39. The van der Waals surface area contributed by atoms with Crippen LogP contribution in [0.1, 0.15) is 25.3 Å². The van der Waals surface area contributed by atoms with Crippen LogP contribution in [0.2, 0.25) is 0 Å². The summed E-state index contributed by atoms with van der Waals surface area (Å²) >= 11 is 0. The van der Waals surface area contributed by atoms with Crippen molar-refractivity contribution in [1.82, 2.24) is 19.2 Å². The second kappa shape index (κ2) is 7.97. The number of aromatic nitrogens is 3. The van der Waals surface area contributed by atoms with Crippen LogP contribution in [-0.2, 0) is 11.3 Å². The van der Waals surface area contributed by atoms with Crippen molar-refractivity contribution in [2.75, 3.05) is 32.8 Å². The molecule has 2 saturated heterocycles. The quantitative estimate of drug-likeness (QED) is 0.658. The fourth-order valence-corrected chi connectivity index (χ4v) is 4.43. The maximum Gasteiger partial charge on any atom is 0.129 e. The second-order valence-corrected chi connectivity index (χ2v) is 7.86. The number of hydrogen-bond acceptors (Lipinski definition) is 4. The van der Waals surface area contributed by atoms with Gasteiger partial charge >= 0.3 is 0 Å². The Kier molecular flexibility index (Phi) is 5.06. The Bertz CT molecular complexity index is 891. The van der Waals surface area contributed by atoms with Gasteiger partial charge in [0.2, 0.25) is 0 Å². The van der Waals surface area contributed by atoms with Crippen LogP contribution in [0.3, 0.4) is 0 Å². The fraction of sp³-hybridized carbons (Fsp3) is 0.500. The number of benzene rings is 1. The first-order valence-corrected chi connectivity index (χ1v) is 10.4. The molecule has 0 spiro atoms. The Hall–Kier alpha value is -2.31. The summed E-state index contributed by atoms with van der Waals surface area (Å²) in [6.45, 7) is 5.85. The number of fused-ring (bicyclic) bond motifs is 1. The monoisotopic (exact) mass is 380 g/mol. The third kappa shape index (κ3) is 3.66. The zero-order valence-corrected chi connectivity index (χ0v) is 16.2. The molecule has 28 heavy (non-hydrogen) atoms. The molecule has 2 aromatic heterocycles. The highest BCUT2D eigenvalue weighted by Crippen LogP contribution is 2.32. The minimum Gasteiger partial charge on any atom is -0.490 e. The van der Waals surface area contributed by atoms with Crippen molar-refractivity contribution in [3.63, 3.8) is 0 Å². The molecule has 2 fully saturated rings. The third-order valence-electron chi connectivity index (χ3n) is 6.05. The van der Waals surface area contributed by atoms with Crippen LogP contribution in [0.15, 0.2) is 48.9 Å². The van der Waals surface area contributed by atoms with Gasteiger partial charge in [-0.2, -0.15) is 5.10 Å². The highest BCUT2D eigenvalue weighted by Gasteiger charge is 2.23. The molecule has 0 bridgehead atoms. The Morgan fingerprint density at radius 1 is 1.04 bits per heavy atom. The average Bonchev–Trinajstić information content (AvgIpc) is 3.48. The van der Waals surface area contributed by atoms with E-state index in [1.807, 2.05) is 23.1 Å². The molecule has 5 rings (SSSR count). The number of ether oxygens (including phenoxy) is 2. The van der Waals surface area contributed by atoms with Gasteiger partial charge in [0.15, 0.2) is 0 Å². The SMILES string of the molecule is c1cc(OC2CCN(CCn3cccn3)CC2)c2ccn(C3CCOC3)c2c1. The van der Waals surface area contributed by atoms with Crippen LogP contribution in [0.5, 0.6) is 5.75 Å². The van der Waals surface area contributed by atoms with E-state index in [0.717, 1.165) is 64.4 Å². The predicted molar refractivity (Wildman–Crippen MR) is 109 cm³/mol. The molecule has 1 atom stereocenters. The maximum absolute atomic E-state index is 6.45. The molecule has 4 heterocycles. The molecule has 1 unspecified atom stereocenters.